The number of hydrogen-bond donors (Lipinski definition) is 1. The maximum absolute atomic E-state index is 14.4. The number of ether oxygens (including phenoxy) is 1. The van der Waals surface area contributed by atoms with Crippen LogP contribution in [0.2, 0.25) is 0 Å². The van der Waals surface area contributed by atoms with Gasteiger partial charge in [-0.25, -0.2) is 0 Å². The van der Waals surface area contributed by atoms with Gasteiger partial charge in [0, 0.05) is 56.0 Å². The number of carbonyl (C=O) groups is 3. The molecule has 3 heterocycles. The number of carbonyl (C=O) groups excluding carboxylic acids is 3. The molecule has 2 bridgehead atoms. The summed E-state index contributed by atoms with van der Waals surface area (Å²) in [7, 11) is 1.67. The average molecular weight is 604 g/mol. The Morgan fingerprint density at radius 2 is 1.74 bits per heavy atom. The number of halogens is 1. The van der Waals surface area contributed by atoms with Crippen LogP contribution >= 0.6 is 15.9 Å². The molecule has 3 fully saturated rings. The van der Waals surface area contributed by atoms with Crippen molar-refractivity contribution in [3.63, 3.8) is 0 Å². The Bertz CT molecular complexity index is 1110. The van der Waals surface area contributed by atoms with E-state index in [1.807, 2.05) is 24.3 Å². The molecule has 0 aliphatic carbocycles. The second kappa shape index (κ2) is 11.8. The van der Waals surface area contributed by atoms with E-state index >= 15 is 0 Å². The highest BCUT2D eigenvalue weighted by atomic mass is 79.9. The lowest BCUT2D eigenvalue weighted by atomic mass is 9.70. The van der Waals surface area contributed by atoms with Crippen molar-refractivity contribution in [1.82, 2.24) is 9.80 Å². The number of benzene rings is 1. The van der Waals surface area contributed by atoms with Gasteiger partial charge < -0.3 is 29.4 Å². The lowest BCUT2D eigenvalue weighted by Crippen LogP contribution is -2.57. The van der Waals surface area contributed by atoms with E-state index in [2.05, 4.69) is 47.8 Å². The number of aliphatic hydroxyl groups is 1. The van der Waals surface area contributed by atoms with Crippen LogP contribution in [0.25, 0.3) is 0 Å². The van der Waals surface area contributed by atoms with E-state index in [1.165, 1.54) is 9.80 Å². The first-order chi connectivity index (χ1) is 18.7. The zero-order chi connectivity index (χ0) is 28.5. The van der Waals surface area contributed by atoms with Crippen LogP contribution in [-0.2, 0) is 19.1 Å². The molecule has 3 unspecified atom stereocenters. The van der Waals surface area contributed by atoms with Gasteiger partial charge in [0.1, 0.15) is 11.6 Å². The van der Waals surface area contributed by atoms with Gasteiger partial charge in [-0.15, -0.1) is 13.2 Å². The molecule has 3 aliphatic rings. The van der Waals surface area contributed by atoms with Crippen molar-refractivity contribution >= 4 is 45.0 Å². The Kier molecular flexibility index (Phi) is 8.88. The molecule has 10 heteroatoms. The van der Waals surface area contributed by atoms with Gasteiger partial charge in [0.2, 0.25) is 11.8 Å². The molecule has 4 rings (SSSR count). The van der Waals surface area contributed by atoms with Crippen LogP contribution in [-0.4, -0.2) is 102 Å². The van der Waals surface area contributed by atoms with Crippen LogP contribution < -0.4 is 9.80 Å². The molecule has 212 valence electrons. The molecule has 3 saturated heterocycles. The van der Waals surface area contributed by atoms with Gasteiger partial charge in [-0.2, -0.15) is 0 Å². The molecule has 3 aliphatic heterocycles. The zero-order valence-electron chi connectivity index (χ0n) is 23.0. The number of nitrogens with zero attached hydrogens (tertiary/aromatic N) is 4. The smallest absolute Gasteiger partial charge is 0.253 e. The molecule has 0 aromatic heterocycles. The van der Waals surface area contributed by atoms with Crippen molar-refractivity contribution in [1.29, 1.82) is 0 Å². The number of alkyl halides is 1. The number of hydrogen-bond acceptors (Lipinski definition) is 6. The summed E-state index contributed by atoms with van der Waals surface area (Å²) in [6.07, 6.45) is 3.15. The first-order valence-electron chi connectivity index (χ1n) is 13.6. The largest absolute Gasteiger partial charge is 0.395 e. The predicted octanol–water partition coefficient (Wildman–Crippen LogP) is 2.44. The highest BCUT2D eigenvalue weighted by molar-refractivity contribution is 9.09. The zero-order valence-corrected chi connectivity index (χ0v) is 24.5. The molecule has 0 saturated carbocycles. The topological polar surface area (TPSA) is 93.6 Å². The number of fused-ring (bicyclic) bond motifs is 1. The Labute approximate surface area is 239 Å². The van der Waals surface area contributed by atoms with Gasteiger partial charge >= 0.3 is 0 Å². The maximum atomic E-state index is 14.4. The van der Waals surface area contributed by atoms with E-state index in [9.17, 15) is 19.5 Å². The molecular weight excluding hydrogens is 564 g/mol. The van der Waals surface area contributed by atoms with Gasteiger partial charge in [-0.05, 0) is 44.5 Å². The third-order valence-electron chi connectivity index (χ3n) is 8.30. The Balaban J connectivity index is 1.74. The molecule has 6 atom stereocenters. The summed E-state index contributed by atoms with van der Waals surface area (Å²) in [5, 5.41) is 9.87. The lowest BCUT2D eigenvalue weighted by molar-refractivity contribution is -0.144. The number of anilines is 2. The molecule has 9 nitrogen and oxygen atoms in total. The van der Waals surface area contributed by atoms with E-state index in [0.717, 1.165) is 18.8 Å². The SMILES string of the molecule is C=CCN(C)C(=O)[C@H]1[C@H]2C(=O)N(CCO)C(C(=O)N(CC=C)c3ccc(N(CC)CC)cc3)C23CC(Br)[C@@H]1O3. The molecule has 3 amide bonds. The predicted molar refractivity (Wildman–Crippen MR) is 155 cm³/mol. The first kappa shape index (κ1) is 29.3. The van der Waals surface area contributed by atoms with Crippen molar-refractivity contribution in [2.75, 3.05) is 56.2 Å². The van der Waals surface area contributed by atoms with Gasteiger partial charge in [0.25, 0.3) is 5.91 Å². The highest BCUT2D eigenvalue weighted by Crippen LogP contribution is 2.60. The monoisotopic (exact) mass is 602 g/mol. The van der Waals surface area contributed by atoms with E-state index in [-0.39, 0.29) is 42.2 Å². The second-order valence-corrected chi connectivity index (χ2v) is 11.5. The highest BCUT2D eigenvalue weighted by Gasteiger charge is 2.76. The van der Waals surface area contributed by atoms with Crippen molar-refractivity contribution in [2.24, 2.45) is 11.8 Å². The fourth-order valence-corrected chi connectivity index (χ4v) is 7.55. The molecular formula is C29H39BrN4O5. The van der Waals surface area contributed by atoms with Crippen LogP contribution in [0.15, 0.2) is 49.6 Å². The van der Waals surface area contributed by atoms with Crippen LogP contribution in [0.4, 0.5) is 11.4 Å². The van der Waals surface area contributed by atoms with Gasteiger partial charge in [0.05, 0.1) is 24.5 Å². The Hall–Kier alpha value is -2.69. The summed E-state index contributed by atoms with van der Waals surface area (Å²) < 4.78 is 6.54. The standard InChI is InChI=1S/C29H39BrN4O5/c1-6-14-31(5)26(36)22-23-27(37)34(16-17-35)25(29(23)18-21(30)24(22)39-29)28(38)33(15-7-2)20-12-10-19(11-13-20)32(8-3)9-4/h6-7,10-13,21-25,35H,1-2,8-9,14-18H2,3-5H3/t21?,22-,23-,24-,25?,29?/m0/s1. The third kappa shape index (κ3) is 4.80. The number of likely N-dealkylation sites (N-methyl/N-ethyl adjacent to an activating group) is 1. The normalized spacial score (nSPS) is 28.8. The first-order valence-corrected chi connectivity index (χ1v) is 14.5. The number of aliphatic hydroxyl groups excluding tert-OH is 1. The molecule has 1 aromatic rings. The van der Waals surface area contributed by atoms with Crippen LogP contribution in [0.3, 0.4) is 0 Å². The van der Waals surface area contributed by atoms with Crippen LogP contribution in [0.5, 0.6) is 0 Å². The van der Waals surface area contributed by atoms with Crippen molar-refractivity contribution in [2.45, 2.75) is 42.8 Å². The fourth-order valence-electron chi connectivity index (χ4n) is 6.61. The van der Waals surface area contributed by atoms with Crippen LogP contribution in [0, 0.1) is 11.8 Å². The summed E-state index contributed by atoms with van der Waals surface area (Å²) in [6, 6.07) is 6.77. The van der Waals surface area contributed by atoms with Crippen molar-refractivity contribution in [3.8, 4) is 0 Å². The second-order valence-electron chi connectivity index (χ2n) is 10.4. The van der Waals surface area contributed by atoms with E-state index in [1.54, 1.807) is 24.1 Å². The summed E-state index contributed by atoms with van der Waals surface area (Å²) in [5.74, 6) is -2.41. The van der Waals surface area contributed by atoms with Gasteiger partial charge in [-0.1, -0.05) is 28.1 Å². The molecule has 1 aromatic carbocycles. The summed E-state index contributed by atoms with van der Waals surface area (Å²) in [4.78, 5) is 48.5. The summed E-state index contributed by atoms with van der Waals surface area (Å²) in [6.45, 7) is 13.7. The number of rotatable bonds is 12. The molecule has 1 spiro atoms. The lowest BCUT2D eigenvalue weighted by Gasteiger charge is -2.37. The molecule has 0 radical (unpaired) electrons. The quantitative estimate of drug-likeness (QED) is 0.292. The van der Waals surface area contributed by atoms with E-state index < -0.39 is 29.6 Å². The van der Waals surface area contributed by atoms with E-state index in [4.69, 9.17) is 4.74 Å². The minimum Gasteiger partial charge on any atom is -0.395 e. The number of amides is 3. The van der Waals surface area contributed by atoms with Gasteiger partial charge in [0.15, 0.2) is 0 Å². The fraction of sp³-hybridized carbons (Fsp3) is 0.552. The molecule has 1 N–H and O–H groups in total. The average Bonchev–Trinajstić information content (AvgIpc) is 3.51. The Morgan fingerprint density at radius 3 is 2.31 bits per heavy atom. The third-order valence-corrected chi connectivity index (χ3v) is 9.14. The number of likely N-dealkylation sites (tertiary alicyclic amines) is 1. The minimum atomic E-state index is -1.18. The van der Waals surface area contributed by atoms with Crippen LogP contribution in [0.1, 0.15) is 20.3 Å². The molecule has 39 heavy (non-hydrogen) atoms. The maximum Gasteiger partial charge on any atom is 0.253 e. The van der Waals surface area contributed by atoms with Crippen molar-refractivity contribution < 1.29 is 24.2 Å². The summed E-state index contributed by atoms with van der Waals surface area (Å²) in [5.41, 5.74) is 0.544. The van der Waals surface area contributed by atoms with Gasteiger partial charge in [-0.3, -0.25) is 14.4 Å². The van der Waals surface area contributed by atoms with E-state index in [0.29, 0.717) is 18.7 Å². The Morgan fingerprint density at radius 1 is 1.13 bits per heavy atom. The van der Waals surface area contributed by atoms with Crippen molar-refractivity contribution in [3.05, 3.63) is 49.6 Å². The minimum absolute atomic E-state index is 0.0271. The number of β-amino-alcohol motifs (C(OH)–C–C–N with tert-alkyl or cyclic N) is 1. The summed E-state index contributed by atoms with van der Waals surface area (Å²) >= 11 is 3.69.